The van der Waals surface area contributed by atoms with Crippen molar-refractivity contribution in [2.75, 3.05) is 5.75 Å². The van der Waals surface area contributed by atoms with Crippen LogP contribution in [0.25, 0.3) is 11.2 Å². The first kappa shape index (κ1) is 19.8. The van der Waals surface area contributed by atoms with Crippen LogP contribution in [0.3, 0.4) is 0 Å². The number of H-pyrrole nitrogens is 1. The molecule has 2 heterocycles. The molecule has 6 nitrogen and oxygen atoms in total. The van der Waals surface area contributed by atoms with Crippen LogP contribution in [0.2, 0.25) is 0 Å². The Bertz CT molecular complexity index is 791. The Labute approximate surface area is 153 Å². The highest BCUT2D eigenvalue weighted by Crippen LogP contribution is 2.23. The van der Waals surface area contributed by atoms with Gasteiger partial charge in [0.05, 0.1) is 0 Å². The lowest BCUT2D eigenvalue weighted by atomic mass is 10.2. The fraction of sp³-hybridized carbons (Fsp3) is 0.722. The van der Waals surface area contributed by atoms with Crippen LogP contribution in [-0.4, -0.2) is 24.9 Å². The molecule has 2 aromatic heterocycles. The van der Waals surface area contributed by atoms with Gasteiger partial charge in [-0.2, -0.15) is 0 Å². The first-order chi connectivity index (χ1) is 12.1. The lowest BCUT2D eigenvalue weighted by molar-refractivity contribution is 0.577. The molecule has 0 unspecified atom stereocenters. The van der Waals surface area contributed by atoms with Crippen LogP contribution in [0.15, 0.2) is 14.7 Å². The highest BCUT2D eigenvalue weighted by atomic mass is 32.2. The van der Waals surface area contributed by atoms with E-state index >= 15 is 0 Å². The number of thioether (sulfide) groups is 1. The number of nitrogens with one attached hydrogen (secondary N) is 1. The van der Waals surface area contributed by atoms with Crippen molar-refractivity contribution in [2.24, 2.45) is 7.05 Å². The summed E-state index contributed by atoms with van der Waals surface area (Å²) in [6.07, 6.45) is 9.45. The van der Waals surface area contributed by atoms with Gasteiger partial charge in [0.15, 0.2) is 16.3 Å². The second kappa shape index (κ2) is 9.85. The summed E-state index contributed by atoms with van der Waals surface area (Å²) in [4.78, 5) is 31.2. The van der Waals surface area contributed by atoms with Crippen molar-refractivity contribution in [3.8, 4) is 0 Å². The van der Waals surface area contributed by atoms with Crippen molar-refractivity contribution in [1.82, 2.24) is 19.1 Å². The van der Waals surface area contributed by atoms with E-state index in [0.29, 0.717) is 11.2 Å². The van der Waals surface area contributed by atoms with E-state index in [0.717, 1.165) is 43.1 Å². The van der Waals surface area contributed by atoms with E-state index in [1.807, 2.05) is 4.57 Å². The number of aromatic amines is 1. The van der Waals surface area contributed by atoms with Crippen LogP contribution in [0, 0.1) is 0 Å². The second-order valence-corrected chi connectivity index (χ2v) is 7.57. The SMILES string of the molecule is CCCCCCCSc1nc2c(c(=O)[nH]c(=O)n2C)n1CCCCC. The van der Waals surface area contributed by atoms with E-state index in [1.54, 1.807) is 18.8 Å². The van der Waals surface area contributed by atoms with E-state index in [9.17, 15) is 9.59 Å². The molecule has 0 aromatic carbocycles. The Balaban J connectivity index is 2.23. The van der Waals surface area contributed by atoms with Crippen molar-refractivity contribution in [1.29, 1.82) is 0 Å². The summed E-state index contributed by atoms with van der Waals surface area (Å²) in [7, 11) is 1.66. The molecule has 0 aliphatic carbocycles. The third-order valence-corrected chi connectivity index (χ3v) is 5.50. The van der Waals surface area contributed by atoms with Gasteiger partial charge in [0, 0.05) is 19.3 Å². The molecule has 2 rings (SSSR count). The maximum atomic E-state index is 12.3. The number of nitrogens with zero attached hydrogens (tertiary/aromatic N) is 3. The van der Waals surface area contributed by atoms with Crippen LogP contribution < -0.4 is 11.2 Å². The van der Waals surface area contributed by atoms with Crippen LogP contribution >= 0.6 is 11.8 Å². The van der Waals surface area contributed by atoms with E-state index in [-0.39, 0.29) is 5.56 Å². The summed E-state index contributed by atoms with van der Waals surface area (Å²) in [5.41, 5.74) is 0.258. The molecule has 0 saturated carbocycles. The molecule has 0 radical (unpaired) electrons. The average Bonchev–Trinajstić information content (AvgIpc) is 2.95. The Hall–Kier alpha value is -1.50. The van der Waals surface area contributed by atoms with Gasteiger partial charge in [-0.15, -0.1) is 0 Å². The number of imidazole rings is 1. The summed E-state index contributed by atoms with van der Waals surface area (Å²) in [6, 6.07) is 0. The number of fused-ring (bicyclic) bond motifs is 1. The van der Waals surface area contributed by atoms with E-state index in [1.165, 1.54) is 30.3 Å². The van der Waals surface area contributed by atoms with Crippen molar-refractivity contribution in [3.63, 3.8) is 0 Å². The van der Waals surface area contributed by atoms with Crippen LogP contribution in [0.5, 0.6) is 0 Å². The predicted molar refractivity (Wildman–Crippen MR) is 105 cm³/mol. The van der Waals surface area contributed by atoms with E-state index < -0.39 is 5.69 Å². The summed E-state index contributed by atoms with van der Waals surface area (Å²) in [5, 5.41) is 0.855. The van der Waals surface area contributed by atoms with Gasteiger partial charge >= 0.3 is 5.69 Å². The highest BCUT2D eigenvalue weighted by Gasteiger charge is 2.17. The zero-order valence-electron chi connectivity index (χ0n) is 15.6. The fourth-order valence-corrected chi connectivity index (χ4v) is 3.94. The topological polar surface area (TPSA) is 72.7 Å². The minimum Gasteiger partial charge on any atom is -0.313 e. The van der Waals surface area contributed by atoms with Crippen molar-refractivity contribution < 1.29 is 0 Å². The average molecular weight is 367 g/mol. The van der Waals surface area contributed by atoms with E-state index in [2.05, 4.69) is 23.8 Å². The number of hydrogen-bond donors (Lipinski definition) is 1. The first-order valence-corrected chi connectivity index (χ1v) is 10.4. The Morgan fingerprint density at radius 1 is 1.00 bits per heavy atom. The molecule has 7 heteroatoms. The van der Waals surface area contributed by atoms with Gasteiger partial charge in [0.1, 0.15) is 0 Å². The molecule has 0 bridgehead atoms. The number of aromatic nitrogens is 4. The van der Waals surface area contributed by atoms with Crippen LogP contribution in [0.1, 0.15) is 65.2 Å². The monoisotopic (exact) mass is 366 g/mol. The van der Waals surface area contributed by atoms with Crippen molar-refractivity contribution in [3.05, 3.63) is 20.8 Å². The molecule has 1 N–H and O–H groups in total. The van der Waals surface area contributed by atoms with Gasteiger partial charge in [-0.1, -0.05) is 64.1 Å². The normalized spacial score (nSPS) is 11.5. The smallest absolute Gasteiger partial charge is 0.313 e. The number of unbranched alkanes of at least 4 members (excludes halogenated alkanes) is 6. The summed E-state index contributed by atoms with van der Waals surface area (Å²) in [5.74, 6) is 0.993. The van der Waals surface area contributed by atoms with Gasteiger partial charge in [-0.05, 0) is 12.8 Å². The van der Waals surface area contributed by atoms with Gasteiger partial charge in [-0.25, -0.2) is 9.78 Å². The predicted octanol–water partition coefficient (Wildman–Crippen LogP) is 3.68. The number of aryl methyl sites for hydroxylation is 2. The number of rotatable bonds is 11. The van der Waals surface area contributed by atoms with Gasteiger partial charge in [-0.3, -0.25) is 14.3 Å². The van der Waals surface area contributed by atoms with Crippen LogP contribution in [-0.2, 0) is 13.6 Å². The van der Waals surface area contributed by atoms with Gasteiger partial charge < -0.3 is 4.57 Å². The third kappa shape index (κ3) is 5.00. The standard InChI is InChI=1S/C18H30N4O2S/c1-4-6-8-9-11-13-25-18-19-15-14(22(18)12-10-7-5-2)16(23)20-17(24)21(15)3/h4-13H2,1-3H3,(H,20,23,24). The minimum atomic E-state index is -0.410. The number of hydrogen-bond acceptors (Lipinski definition) is 4. The lowest BCUT2D eigenvalue weighted by Crippen LogP contribution is -2.29. The molecule has 2 aromatic rings. The first-order valence-electron chi connectivity index (χ1n) is 9.42. The second-order valence-electron chi connectivity index (χ2n) is 6.51. The summed E-state index contributed by atoms with van der Waals surface area (Å²) < 4.78 is 3.43. The fourth-order valence-electron chi connectivity index (χ4n) is 2.92. The van der Waals surface area contributed by atoms with Crippen molar-refractivity contribution >= 4 is 22.9 Å². The zero-order chi connectivity index (χ0) is 18.2. The summed E-state index contributed by atoms with van der Waals surface area (Å²) >= 11 is 1.70. The molecular formula is C18H30N4O2S. The van der Waals surface area contributed by atoms with Gasteiger partial charge in [0.2, 0.25) is 0 Å². The quantitative estimate of drug-likeness (QED) is 0.486. The Morgan fingerprint density at radius 2 is 1.68 bits per heavy atom. The molecule has 0 atom stereocenters. The molecule has 0 amide bonds. The Kier molecular flexibility index (Phi) is 7.81. The molecule has 0 aliphatic rings. The molecule has 25 heavy (non-hydrogen) atoms. The zero-order valence-corrected chi connectivity index (χ0v) is 16.5. The third-order valence-electron chi connectivity index (χ3n) is 4.44. The lowest BCUT2D eigenvalue weighted by Gasteiger charge is -2.08. The molecule has 0 saturated heterocycles. The summed E-state index contributed by atoms with van der Waals surface area (Å²) in [6.45, 7) is 5.15. The Morgan fingerprint density at radius 3 is 2.40 bits per heavy atom. The molecule has 0 fully saturated rings. The minimum absolute atomic E-state index is 0.336. The maximum Gasteiger partial charge on any atom is 0.329 e. The van der Waals surface area contributed by atoms with Gasteiger partial charge in [0.25, 0.3) is 5.56 Å². The van der Waals surface area contributed by atoms with E-state index in [4.69, 9.17) is 0 Å². The molecule has 0 spiro atoms. The molecular weight excluding hydrogens is 336 g/mol. The molecule has 0 aliphatic heterocycles. The molecule has 140 valence electrons. The largest absolute Gasteiger partial charge is 0.329 e. The van der Waals surface area contributed by atoms with Crippen LogP contribution in [0.4, 0.5) is 0 Å². The maximum absolute atomic E-state index is 12.3. The van der Waals surface area contributed by atoms with Crippen molar-refractivity contribution in [2.45, 2.75) is 76.9 Å². The highest BCUT2D eigenvalue weighted by molar-refractivity contribution is 7.99.